The SMILES string of the molecule is CN=C(NCc1ccc(Cl)cc1)NCc1ccc(C(=O)N2CCNC(=O)C2)cc1.I. The molecule has 2 aromatic carbocycles. The quantitative estimate of drug-likeness (QED) is 0.308. The molecule has 30 heavy (non-hydrogen) atoms. The number of hydrogen-bond donors (Lipinski definition) is 3. The number of aliphatic imine (C=N–C) groups is 1. The molecule has 1 fully saturated rings. The van der Waals surface area contributed by atoms with Crippen molar-refractivity contribution < 1.29 is 9.59 Å². The van der Waals surface area contributed by atoms with Crippen LogP contribution in [-0.2, 0) is 17.9 Å². The summed E-state index contributed by atoms with van der Waals surface area (Å²) in [6.45, 7) is 2.34. The van der Waals surface area contributed by atoms with Crippen LogP contribution in [0.1, 0.15) is 21.5 Å². The van der Waals surface area contributed by atoms with Gasteiger partial charge in [-0.2, -0.15) is 0 Å². The summed E-state index contributed by atoms with van der Waals surface area (Å²) in [5.74, 6) is 0.433. The lowest BCUT2D eigenvalue weighted by molar-refractivity contribution is -0.123. The predicted octanol–water partition coefficient (Wildman–Crippen LogP) is 2.40. The molecule has 2 amide bonds. The fourth-order valence-electron chi connectivity index (χ4n) is 2.95. The van der Waals surface area contributed by atoms with Crippen LogP contribution >= 0.6 is 35.6 Å². The summed E-state index contributed by atoms with van der Waals surface area (Å²) in [4.78, 5) is 29.7. The van der Waals surface area contributed by atoms with Crippen molar-refractivity contribution in [2.45, 2.75) is 13.1 Å². The normalized spacial score (nSPS) is 13.9. The number of amides is 2. The van der Waals surface area contributed by atoms with E-state index < -0.39 is 0 Å². The van der Waals surface area contributed by atoms with Crippen molar-refractivity contribution in [3.05, 3.63) is 70.2 Å². The van der Waals surface area contributed by atoms with Gasteiger partial charge in [-0.15, -0.1) is 24.0 Å². The fourth-order valence-corrected chi connectivity index (χ4v) is 3.08. The first-order valence-corrected chi connectivity index (χ1v) is 9.77. The summed E-state index contributed by atoms with van der Waals surface area (Å²) in [5, 5.41) is 9.93. The molecule has 3 N–H and O–H groups in total. The Balaban J connectivity index is 0.00000320. The molecule has 3 rings (SSSR count). The maximum absolute atomic E-state index is 12.5. The number of carbonyl (C=O) groups is 2. The van der Waals surface area contributed by atoms with Gasteiger partial charge in [0, 0.05) is 43.8 Å². The highest BCUT2D eigenvalue weighted by Crippen LogP contribution is 2.10. The van der Waals surface area contributed by atoms with Gasteiger partial charge in [0.15, 0.2) is 5.96 Å². The number of nitrogens with one attached hydrogen (secondary N) is 3. The summed E-state index contributed by atoms with van der Waals surface area (Å²) in [7, 11) is 1.72. The minimum absolute atomic E-state index is 0. The molecule has 2 aromatic rings. The van der Waals surface area contributed by atoms with Crippen LogP contribution in [-0.4, -0.2) is 49.4 Å². The Morgan fingerprint density at radius 2 is 1.63 bits per heavy atom. The van der Waals surface area contributed by atoms with Gasteiger partial charge < -0.3 is 20.9 Å². The molecule has 0 saturated carbocycles. The molecule has 1 heterocycles. The van der Waals surface area contributed by atoms with E-state index in [9.17, 15) is 9.59 Å². The molecule has 0 spiro atoms. The van der Waals surface area contributed by atoms with Crippen molar-refractivity contribution in [1.82, 2.24) is 20.9 Å². The number of piperazine rings is 1. The molecule has 0 radical (unpaired) electrons. The molecule has 9 heteroatoms. The van der Waals surface area contributed by atoms with Crippen LogP contribution in [0, 0.1) is 0 Å². The fraction of sp³-hybridized carbons (Fsp3) is 0.286. The van der Waals surface area contributed by atoms with E-state index >= 15 is 0 Å². The molecule has 160 valence electrons. The number of guanidine groups is 1. The molecule has 0 atom stereocenters. The van der Waals surface area contributed by atoms with Crippen molar-refractivity contribution in [2.75, 3.05) is 26.7 Å². The van der Waals surface area contributed by atoms with E-state index in [0.717, 1.165) is 11.1 Å². The average Bonchev–Trinajstić information content (AvgIpc) is 2.75. The van der Waals surface area contributed by atoms with Gasteiger partial charge in [-0.25, -0.2) is 0 Å². The minimum atomic E-state index is -0.125. The third-order valence-electron chi connectivity index (χ3n) is 4.58. The lowest BCUT2D eigenvalue weighted by Gasteiger charge is -2.26. The Morgan fingerprint density at radius 1 is 1.07 bits per heavy atom. The number of nitrogens with zero attached hydrogens (tertiary/aromatic N) is 2. The van der Waals surface area contributed by atoms with Crippen LogP contribution in [0.15, 0.2) is 53.5 Å². The lowest BCUT2D eigenvalue weighted by Crippen LogP contribution is -2.49. The van der Waals surface area contributed by atoms with Crippen molar-refractivity contribution in [3.8, 4) is 0 Å². The summed E-state index contributed by atoms with van der Waals surface area (Å²) in [6, 6.07) is 15.0. The van der Waals surface area contributed by atoms with E-state index in [1.165, 1.54) is 0 Å². The van der Waals surface area contributed by atoms with Gasteiger partial charge >= 0.3 is 0 Å². The molecule has 0 aliphatic carbocycles. The van der Waals surface area contributed by atoms with E-state index in [-0.39, 0.29) is 42.3 Å². The van der Waals surface area contributed by atoms with E-state index in [1.807, 2.05) is 36.4 Å². The van der Waals surface area contributed by atoms with Crippen LogP contribution in [0.4, 0.5) is 0 Å². The number of hydrogen-bond acceptors (Lipinski definition) is 3. The molecular formula is C21H25ClIN5O2. The van der Waals surface area contributed by atoms with Gasteiger partial charge in [0.1, 0.15) is 0 Å². The van der Waals surface area contributed by atoms with Crippen molar-refractivity contribution in [3.63, 3.8) is 0 Å². The third kappa shape index (κ3) is 6.88. The Labute approximate surface area is 198 Å². The molecule has 0 aromatic heterocycles. The van der Waals surface area contributed by atoms with Gasteiger partial charge in [-0.05, 0) is 35.4 Å². The monoisotopic (exact) mass is 541 g/mol. The highest BCUT2D eigenvalue weighted by atomic mass is 127. The average molecular weight is 542 g/mol. The number of rotatable bonds is 5. The first-order valence-electron chi connectivity index (χ1n) is 9.39. The molecular weight excluding hydrogens is 517 g/mol. The highest BCUT2D eigenvalue weighted by Gasteiger charge is 2.22. The van der Waals surface area contributed by atoms with Gasteiger partial charge in [0.05, 0.1) is 6.54 Å². The number of benzene rings is 2. The summed E-state index contributed by atoms with van der Waals surface area (Å²) in [5.41, 5.74) is 2.70. The van der Waals surface area contributed by atoms with Crippen molar-refractivity contribution in [1.29, 1.82) is 0 Å². The largest absolute Gasteiger partial charge is 0.353 e. The van der Waals surface area contributed by atoms with E-state index in [0.29, 0.717) is 42.7 Å². The van der Waals surface area contributed by atoms with Crippen molar-refractivity contribution >= 4 is 53.4 Å². The van der Waals surface area contributed by atoms with Crippen molar-refractivity contribution in [2.24, 2.45) is 4.99 Å². The molecule has 1 aliphatic heterocycles. The van der Waals surface area contributed by atoms with Gasteiger partial charge in [-0.1, -0.05) is 35.9 Å². The second-order valence-corrected chi connectivity index (χ2v) is 7.12. The van der Waals surface area contributed by atoms with Crippen LogP contribution < -0.4 is 16.0 Å². The Bertz CT molecular complexity index is 887. The minimum Gasteiger partial charge on any atom is -0.353 e. The standard InChI is InChI=1S/C21H24ClN5O2.HI/c1-23-21(26-13-16-4-8-18(22)9-5-16)25-12-15-2-6-17(7-3-15)20(29)27-11-10-24-19(28)14-27;/h2-9H,10-14H2,1H3,(H,24,28)(H2,23,25,26);1H. The van der Waals surface area contributed by atoms with Crippen LogP contribution in [0.2, 0.25) is 5.02 Å². The van der Waals surface area contributed by atoms with Gasteiger partial charge in [0.2, 0.25) is 5.91 Å². The molecule has 7 nitrogen and oxygen atoms in total. The summed E-state index contributed by atoms with van der Waals surface area (Å²) < 4.78 is 0. The zero-order valence-electron chi connectivity index (χ0n) is 16.7. The summed E-state index contributed by atoms with van der Waals surface area (Å²) in [6.07, 6.45) is 0. The van der Waals surface area contributed by atoms with Crippen LogP contribution in [0.5, 0.6) is 0 Å². The van der Waals surface area contributed by atoms with E-state index in [4.69, 9.17) is 11.6 Å². The van der Waals surface area contributed by atoms with Crippen LogP contribution in [0.25, 0.3) is 0 Å². The topological polar surface area (TPSA) is 85.8 Å². The Hall–Kier alpha value is -2.33. The third-order valence-corrected chi connectivity index (χ3v) is 4.84. The lowest BCUT2D eigenvalue weighted by atomic mass is 10.1. The first kappa shape index (κ1) is 23.9. The smallest absolute Gasteiger partial charge is 0.254 e. The molecule has 1 saturated heterocycles. The maximum atomic E-state index is 12.5. The Kier molecular flexibility index (Phi) is 9.38. The molecule has 1 aliphatic rings. The number of halogens is 2. The van der Waals surface area contributed by atoms with Crippen LogP contribution in [0.3, 0.4) is 0 Å². The second-order valence-electron chi connectivity index (χ2n) is 6.68. The van der Waals surface area contributed by atoms with E-state index in [1.54, 1.807) is 24.1 Å². The first-order chi connectivity index (χ1) is 14.0. The predicted molar refractivity (Wildman–Crippen MR) is 129 cm³/mol. The second kappa shape index (κ2) is 11.8. The Morgan fingerprint density at radius 3 is 2.17 bits per heavy atom. The van der Waals surface area contributed by atoms with Gasteiger partial charge in [-0.3, -0.25) is 14.6 Å². The number of carbonyl (C=O) groups excluding carboxylic acids is 2. The zero-order valence-corrected chi connectivity index (χ0v) is 19.7. The molecule has 0 unspecified atom stereocenters. The molecule has 0 bridgehead atoms. The summed E-state index contributed by atoms with van der Waals surface area (Å²) >= 11 is 5.90. The zero-order chi connectivity index (χ0) is 20.6. The van der Waals surface area contributed by atoms with Gasteiger partial charge in [0.25, 0.3) is 5.91 Å². The maximum Gasteiger partial charge on any atom is 0.254 e. The van der Waals surface area contributed by atoms with E-state index in [2.05, 4.69) is 20.9 Å². The highest BCUT2D eigenvalue weighted by molar-refractivity contribution is 14.0.